The third-order valence-corrected chi connectivity index (χ3v) is 3.16. The van der Waals surface area contributed by atoms with E-state index in [-0.39, 0.29) is 18.8 Å². The van der Waals surface area contributed by atoms with Gasteiger partial charge in [-0.05, 0) is 19.1 Å². The molecular formula is C12H16BrNO4. The number of halogens is 1. The minimum Gasteiger partial charge on any atom is -0.504 e. The van der Waals surface area contributed by atoms with Gasteiger partial charge in [0, 0.05) is 16.5 Å². The number of aromatic hydroxyl groups is 1. The van der Waals surface area contributed by atoms with Crippen molar-refractivity contribution in [2.75, 3.05) is 13.7 Å². The number of nitrogens with two attached hydrogens (primary N) is 1. The second kappa shape index (κ2) is 6.61. The van der Waals surface area contributed by atoms with Gasteiger partial charge in [-0.1, -0.05) is 15.9 Å². The molecular weight excluding hydrogens is 302 g/mol. The number of esters is 1. The van der Waals surface area contributed by atoms with E-state index < -0.39 is 12.0 Å². The number of hydrogen-bond donors (Lipinski definition) is 2. The molecule has 0 radical (unpaired) electrons. The fraction of sp³-hybridized carbons (Fsp3) is 0.417. The second-order valence-corrected chi connectivity index (χ2v) is 4.49. The number of ether oxygens (including phenoxy) is 2. The highest BCUT2D eigenvalue weighted by atomic mass is 79.9. The summed E-state index contributed by atoms with van der Waals surface area (Å²) in [5.74, 6) is -0.178. The third kappa shape index (κ3) is 3.36. The van der Waals surface area contributed by atoms with Crippen molar-refractivity contribution in [1.29, 1.82) is 0 Å². The maximum Gasteiger partial charge on any atom is 0.323 e. The molecule has 1 rings (SSSR count). The van der Waals surface area contributed by atoms with Crippen molar-refractivity contribution in [2.45, 2.75) is 19.4 Å². The lowest BCUT2D eigenvalue weighted by atomic mass is 10.1. The Morgan fingerprint density at radius 2 is 2.22 bits per heavy atom. The van der Waals surface area contributed by atoms with Crippen molar-refractivity contribution in [3.05, 3.63) is 22.2 Å². The average Bonchev–Trinajstić information content (AvgIpc) is 2.34. The lowest BCUT2D eigenvalue weighted by molar-refractivity contribution is -0.144. The van der Waals surface area contributed by atoms with Gasteiger partial charge in [0.15, 0.2) is 11.5 Å². The first-order valence-electron chi connectivity index (χ1n) is 5.47. The van der Waals surface area contributed by atoms with Gasteiger partial charge in [-0.2, -0.15) is 0 Å². The quantitative estimate of drug-likeness (QED) is 0.806. The fourth-order valence-electron chi connectivity index (χ4n) is 1.50. The molecule has 0 fully saturated rings. The zero-order valence-corrected chi connectivity index (χ0v) is 11.9. The van der Waals surface area contributed by atoms with Crippen LogP contribution in [0.25, 0.3) is 0 Å². The van der Waals surface area contributed by atoms with Crippen molar-refractivity contribution in [1.82, 2.24) is 0 Å². The molecule has 1 atom stereocenters. The number of phenolic OH excluding ortho intramolecular Hbond substituents is 1. The summed E-state index contributed by atoms with van der Waals surface area (Å²) < 4.78 is 10.5. The van der Waals surface area contributed by atoms with E-state index >= 15 is 0 Å². The van der Waals surface area contributed by atoms with Crippen molar-refractivity contribution in [3.63, 3.8) is 0 Å². The molecule has 0 amide bonds. The Labute approximate surface area is 114 Å². The summed E-state index contributed by atoms with van der Waals surface area (Å²) in [6.45, 7) is 1.99. The van der Waals surface area contributed by atoms with Crippen LogP contribution in [0.3, 0.4) is 0 Å². The number of carbonyl (C=O) groups excluding carboxylic acids is 1. The van der Waals surface area contributed by atoms with E-state index in [1.165, 1.54) is 7.11 Å². The van der Waals surface area contributed by atoms with Crippen LogP contribution in [-0.4, -0.2) is 30.8 Å². The van der Waals surface area contributed by atoms with Gasteiger partial charge < -0.3 is 20.3 Å². The van der Waals surface area contributed by atoms with E-state index in [4.69, 9.17) is 15.2 Å². The second-order valence-electron chi connectivity index (χ2n) is 3.64. The lowest BCUT2D eigenvalue weighted by Gasteiger charge is -2.14. The summed E-state index contributed by atoms with van der Waals surface area (Å²) in [6, 6.07) is 2.53. The van der Waals surface area contributed by atoms with E-state index in [2.05, 4.69) is 15.9 Å². The molecule has 3 N–H and O–H groups in total. The molecule has 0 aromatic heterocycles. The highest BCUT2D eigenvalue weighted by molar-refractivity contribution is 9.10. The van der Waals surface area contributed by atoms with Crippen LogP contribution >= 0.6 is 15.9 Å². The largest absolute Gasteiger partial charge is 0.504 e. The number of phenols is 1. The van der Waals surface area contributed by atoms with Gasteiger partial charge in [0.05, 0.1) is 13.7 Å². The molecule has 1 unspecified atom stereocenters. The monoisotopic (exact) mass is 317 g/mol. The Morgan fingerprint density at radius 3 is 2.78 bits per heavy atom. The molecule has 0 spiro atoms. The Hall–Kier alpha value is -1.27. The normalized spacial score (nSPS) is 12.0. The SMILES string of the molecule is CCOC(=O)C(N)Cc1c(Br)ccc(OC)c1O. The van der Waals surface area contributed by atoms with Crippen LogP contribution in [0.2, 0.25) is 0 Å². The first-order valence-corrected chi connectivity index (χ1v) is 6.27. The van der Waals surface area contributed by atoms with Crippen LogP contribution in [0.4, 0.5) is 0 Å². The maximum absolute atomic E-state index is 11.4. The molecule has 6 heteroatoms. The minimum atomic E-state index is -0.820. The average molecular weight is 318 g/mol. The summed E-state index contributed by atoms with van der Waals surface area (Å²) in [6.07, 6.45) is 0.169. The van der Waals surface area contributed by atoms with Gasteiger partial charge in [-0.25, -0.2) is 0 Å². The smallest absolute Gasteiger partial charge is 0.323 e. The molecule has 0 heterocycles. The highest BCUT2D eigenvalue weighted by Gasteiger charge is 2.20. The molecule has 5 nitrogen and oxygen atoms in total. The predicted molar refractivity (Wildman–Crippen MR) is 70.7 cm³/mol. The van der Waals surface area contributed by atoms with Gasteiger partial charge in [0.2, 0.25) is 0 Å². The zero-order chi connectivity index (χ0) is 13.7. The molecule has 100 valence electrons. The van der Waals surface area contributed by atoms with Crippen LogP contribution < -0.4 is 10.5 Å². The summed E-state index contributed by atoms with van der Waals surface area (Å²) in [4.78, 5) is 11.4. The Kier molecular flexibility index (Phi) is 5.43. The van der Waals surface area contributed by atoms with E-state index in [0.29, 0.717) is 15.8 Å². The van der Waals surface area contributed by atoms with Gasteiger partial charge in [-0.15, -0.1) is 0 Å². The minimum absolute atomic E-state index is 0.0216. The van der Waals surface area contributed by atoms with Crippen LogP contribution in [-0.2, 0) is 16.0 Å². The molecule has 18 heavy (non-hydrogen) atoms. The number of rotatable bonds is 5. The number of benzene rings is 1. The molecule has 0 aliphatic heterocycles. The first kappa shape index (κ1) is 14.8. The van der Waals surface area contributed by atoms with Gasteiger partial charge in [-0.3, -0.25) is 4.79 Å². The van der Waals surface area contributed by atoms with Crippen molar-refractivity contribution < 1.29 is 19.4 Å². The number of hydrogen-bond acceptors (Lipinski definition) is 5. The highest BCUT2D eigenvalue weighted by Crippen LogP contribution is 2.35. The van der Waals surface area contributed by atoms with Gasteiger partial charge >= 0.3 is 5.97 Å². The number of methoxy groups -OCH3 is 1. The Morgan fingerprint density at radius 1 is 1.56 bits per heavy atom. The van der Waals surface area contributed by atoms with Crippen LogP contribution in [0.15, 0.2) is 16.6 Å². The van der Waals surface area contributed by atoms with Crippen molar-refractivity contribution in [3.8, 4) is 11.5 Å². The van der Waals surface area contributed by atoms with Gasteiger partial charge in [0.25, 0.3) is 0 Å². The van der Waals surface area contributed by atoms with Crippen LogP contribution in [0.1, 0.15) is 12.5 Å². The molecule has 0 aliphatic carbocycles. The van der Waals surface area contributed by atoms with Gasteiger partial charge in [0.1, 0.15) is 6.04 Å². The first-order chi connectivity index (χ1) is 8.51. The Balaban J connectivity index is 2.93. The van der Waals surface area contributed by atoms with Crippen LogP contribution in [0, 0.1) is 0 Å². The maximum atomic E-state index is 11.4. The predicted octanol–water partition coefficient (Wildman–Crippen LogP) is 1.60. The third-order valence-electron chi connectivity index (χ3n) is 2.42. The molecule has 1 aromatic carbocycles. The molecule has 0 aliphatic rings. The van der Waals surface area contributed by atoms with Crippen LogP contribution in [0.5, 0.6) is 11.5 Å². The zero-order valence-electron chi connectivity index (χ0n) is 10.3. The van der Waals surface area contributed by atoms with E-state index in [1.807, 2.05) is 0 Å². The molecule has 0 saturated heterocycles. The van der Waals surface area contributed by atoms with E-state index in [9.17, 15) is 9.90 Å². The number of carbonyl (C=O) groups is 1. The topological polar surface area (TPSA) is 81.8 Å². The molecule has 0 saturated carbocycles. The standard InChI is InChI=1S/C12H16BrNO4/c1-3-18-12(16)9(14)6-7-8(13)4-5-10(17-2)11(7)15/h4-5,9,15H,3,6,14H2,1-2H3. The lowest BCUT2D eigenvalue weighted by Crippen LogP contribution is -2.34. The van der Waals surface area contributed by atoms with E-state index in [1.54, 1.807) is 19.1 Å². The summed E-state index contributed by atoms with van der Waals surface area (Å²) in [5.41, 5.74) is 6.24. The fourth-order valence-corrected chi connectivity index (χ4v) is 1.98. The summed E-state index contributed by atoms with van der Waals surface area (Å²) in [7, 11) is 1.46. The van der Waals surface area contributed by atoms with Crippen molar-refractivity contribution >= 4 is 21.9 Å². The van der Waals surface area contributed by atoms with Crippen molar-refractivity contribution in [2.24, 2.45) is 5.73 Å². The summed E-state index contributed by atoms with van der Waals surface area (Å²) >= 11 is 3.30. The molecule has 0 bridgehead atoms. The Bertz CT molecular complexity index is 436. The van der Waals surface area contributed by atoms with E-state index in [0.717, 1.165) is 0 Å². The summed E-state index contributed by atoms with van der Waals surface area (Å²) in [5, 5.41) is 9.97. The molecule has 1 aromatic rings.